The summed E-state index contributed by atoms with van der Waals surface area (Å²) in [6.45, 7) is 7.28. The van der Waals surface area contributed by atoms with E-state index >= 15 is 0 Å². The molecule has 2 rings (SSSR count). The fourth-order valence-electron chi connectivity index (χ4n) is 2.50. The SMILES string of the molecule is CCn1nnc(-c2ccc(OCCC(C)(C)CCCS(=O)(=O)O)cc2)n1. The van der Waals surface area contributed by atoms with Gasteiger partial charge in [0.05, 0.1) is 18.9 Å². The second-order valence-corrected chi connectivity index (χ2v) is 8.55. The van der Waals surface area contributed by atoms with Crippen LogP contribution in [0.3, 0.4) is 0 Å². The highest BCUT2D eigenvalue weighted by Gasteiger charge is 2.19. The van der Waals surface area contributed by atoms with E-state index in [9.17, 15) is 8.42 Å². The zero-order valence-electron chi connectivity index (χ0n) is 15.4. The standard InChI is InChI=1S/C17H26N4O4S/c1-4-21-19-16(18-20-21)14-6-8-15(9-7-14)25-12-11-17(2,3)10-5-13-26(22,23)24/h6-9H,4-5,10-13H2,1-3H3,(H,22,23,24). The molecule has 0 spiro atoms. The van der Waals surface area contributed by atoms with Crippen LogP contribution >= 0.6 is 0 Å². The number of ether oxygens (including phenoxy) is 1. The largest absolute Gasteiger partial charge is 0.494 e. The number of tetrazole rings is 1. The first kappa shape index (κ1) is 20.3. The second-order valence-electron chi connectivity index (χ2n) is 6.98. The number of aryl methyl sites for hydroxylation is 1. The maximum atomic E-state index is 10.8. The van der Waals surface area contributed by atoms with Crippen LogP contribution in [0, 0.1) is 5.41 Å². The highest BCUT2D eigenvalue weighted by atomic mass is 32.2. The summed E-state index contributed by atoms with van der Waals surface area (Å²) in [4.78, 5) is 1.53. The van der Waals surface area contributed by atoms with Gasteiger partial charge in [0.2, 0.25) is 5.82 Å². The molecule has 0 bridgehead atoms. The van der Waals surface area contributed by atoms with Gasteiger partial charge >= 0.3 is 0 Å². The monoisotopic (exact) mass is 382 g/mol. The molecule has 0 aliphatic heterocycles. The molecule has 2 aromatic rings. The van der Waals surface area contributed by atoms with Gasteiger partial charge in [0.25, 0.3) is 10.1 Å². The van der Waals surface area contributed by atoms with E-state index in [0.29, 0.717) is 31.8 Å². The predicted octanol–water partition coefficient (Wildman–Crippen LogP) is 2.82. The van der Waals surface area contributed by atoms with E-state index in [0.717, 1.165) is 17.7 Å². The van der Waals surface area contributed by atoms with E-state index in [1.54, 1.807) is 0 Å². The minimum atomic E-state index is -3.88. The van der Waals surface area contributed by atoms with Crippen LogP contribution < -0.4 is 4.74 Å². The maximum Gasteiger partial charge on any atom is 0.264 e. The summed E-state index contributed by atoms with van der Waals surface area (Å²) in [5, 5.41) is 12.2. The Bertz CT molecular complexity index is 800. The predicted molar refractivity (Wildman–Crippen MR) is 98.5 cm³/mol. The molecule has 1 aromatic carbocycles. The molecule has 0 atom stereocenters. The molecule has 0 saturated carbocycles. The Morgan fingerprint density at radius 2 is 1.88 bits per heavy atom. The van der Waals surface area contributed by atoms with Crippen LogP contribution in [0.1, 0.15) is 40.0 Å². The van der Waals surface area contributed by atoms with Crippen molar-refractivity contribution < 1.29 is 17.7 Å². The molecule has 26 heavy (non-hydrogen) atoms. The highest BCUT2D eigenvalue weighted by Crippen LogP contribution is 2.27. The van der Waals surface area contributed by atoms with Crippen molar-refractivity contribution in [3.8, 4) is 17.1 Å². The Kier molecular flexibility index (Phi) is 6.71. The first-order valence-corrected chi connectivity index (χ1v) is 10.3. The first-order chi connectivity index (χ1) is 12.2. The van der Waals surface area contributed by atoms with Crippen molar-refractivity contribution >= 4 is 10.1 Å². The molecule has 0 aliphatic carbocycles. The lowest BCUT2D eigenvalue weighted by molar-refractivity contribution is 0.216. The summed E-state index contributed by atoms with van der Waals surface area (Å²) in [5.41, 5.74) is 0.815. The number of nitrogens with zero attached hydrogens (tertiary/aromatic N) is 4. The summed E-state index contributed by atoms with van der Waals surface area (Å²) in [5.74, 6) is 1.14. The zero-order chi connectivity index (χ0) is 19.2. The Morgan fingerprint density at radius 3 is 2.46 bits per heavy atom. The first-order valence-electron chi connectivity index (χ1n) is 8.65. The molecule has 9 heteroatoms. The van der Waals surface area contributed by atoms with E-state index in [4.69, 9.17) is 9.29 Å². The van der Waals surface area contributed by atoms with Crippen LogP contribution in [0.15, 0.2) is 24.3 Å². The lowest BCUT2D eigenvalue weighted by Gasteiger charge is -2.24. The third-order valence-electron chi connectivity index (χ3n) is 4.15. The van der Waals surface area contributed by atoms with E-state index in [1.807, 2.05) is 31.2 Å². The summed E-state index contributed by atoms with van der Waals surface area (Å²) >= 11 is 0. The topological polar surface area (TPSA) is 107 Å². The van der Waals surface area contributed by atoms with Gasteiger partial charge in [-0.2, -0.15) is 13.2 Å². The zero-order valence-corrected chi connectivity index (χ0v) is 16.2. The lowest BCUT2D eigenvalue weighted by Crippen LogP contribution is -2.17. The van der Waals surface area contributed by atoms with Gasteiger partial charge in [-0.3, -0.25) is 4.55 Å². The smallest absolute Gasteiger partial charge is 0.264 e. The number of rotatable bonds is 10. The van der Waals surface area contributed by atoms with E-state index in [1.165, 1.54) is 4.80 Å². The lowest BCUT2D eigenvalue weighted by atomic mass is 9.85. The number of benzene rings is 1. The maximum absolute atomic E-state index is 10.8. The van der Waals surface area contributed by atoms with E-state index in [2.05, 4.69) is 29.3 Å². The van der Waals surface area contributed by atoms with Crippen LogP contribution in [0.25, 0.3) is 11.4 Å². The molecular weight excluding hydrogens is 356 g/mol. The summed E-state index contributed by atoms with van der Waals surface area (Å²) in [7, 11) is -3.88. The normalized spacial score (nSPS) is 12.3. The minimum Gasteiger partial charge on any atom is -0.494 e. The van der Waals surface area contributed by atoms with Crippen LogP contribution in [0.4, 0.5) is 0 Å². The average molecular weight is 382 g/mol. The Labute approximate surface area is 154 Å². The number of aromatic nitrogens is 4. The van der Waals surface area contributed by atoms with Gasteiger partial charge < -0.3 is 4.74 Å². The van der Waals surface area contributed by atoms with Gasteiger partial charge in [-0.05, 0) is 61.1 Å². The molecule has 0 aliphatic rings. The quantitative estimate of drug-likeness (QED) is 0.630. The van der Waals surface area contributed by atoms with E-state index < -0.39 is 10.1 Å². The molecule has 0 fully saturated rings. The second kappa shape index (κ2) is 8.59. The fraction of sp³-hybridized carbons (Fsp3) is 0.588. The third kappa shape index (κ3) is 6.72. The molecule has 8 nitrogen and oxygen atoms in total. The van der Waals surface area contributed by atoms with Gasteiger partial charge in [0.15, 0.2) is 0 Å². The molecule has 0 unspecified atom stereocenters. The Hall–Kier alpha value is -2.00. The molecule has 1 aromatic heterocycles. The molecular formula is C17H26N4O4S. The van der Waals surface area contributed by atoms with Gasteiger partial charge in [0, 0.05) is 5.56 Å². The van der Waals surface area contributed by atoms with E-state index in [-0.39, 0.29) is 11.2 Å². The minimum absolute atomic E-state index is 0.0623. The van der Waals surface area contributed by atoms with Gasteiger partial charge in [-0.1, -0.05) is 13.8 Å². The molecule has 1 heterocycles. The van der Waals surface area contributed by atoms with Crippen molar-refractivity contribution in [2.75, 3.05) is 12.4 Å². The summed E-state index contributed by atoms with van der Waals surface area (Å²) in [6, 6.07) is 7.52. The Morgan fingerprint density at radius 1 is 1.19 bits per heavy atom. The van der Waals surface area contributed by atoms with Crippen LogP contribution in [-0.4, -0.2) is 45.5 Å². The van der Waals surface area contributed by atoms with Gasteiger partial charge in [0.1, 0.15) is 5.75 Å². The highest BCUT2D eigenvalue weighted by molar-refractivity contribution is 7.85. The molecule has 144 valence electrons. The molecule has 0 radical (unpaired) electrons. The van der Waals surface area contributed by atoms with Crippen molar-refractivity contribution in [1.29, 1.82) is 0 Å². The molecule has 1 N–H and O–H groups in total. The van der Waals surface area contributed by atoms with Gasteiger partial charge in [-0.15, -0.1) is 10.2 Å². The number of hydrogen-bond acceptors (Lipinski definition) is 6. The average Bonchev–Trinajstić information content (AvgIpc) is 3.03. The fourth-order valence-corrected chi connectivity index (χ4v) is 3.01. The van der Waals surface area contributed by atoms with Crippen molar-refractivity contribution in [2.45, 2.75) is 46.6 Å². The Balaban J connectivity index is 1.80. The van der Waals surface area contributed by atoms with Crippen LogP contribution in [0.5, 0.6) is 5.75 Å². The van der Waals surface area contributed by atoms with Crippen LogP contribution in [0.2, 0.25) is 0 Å². The third-order valence-corrected chi connectivity index (χ3v) is 4.96. The van der Waals surface area contributed by atoms with Crippen molar-refractivity contribution in [2.24, 2.45) is 5.41 Å². The van der Waals surface area contributed by atoms with Crippen molar-refractivity contribution in [3.05, 3.63) is 24.3 Å². The summed E-state index contributed by atoms with van der Waals surface area (Å²) < 4.78 is 36.1. The van der Waals surface area contributed by atoms with Crippen molar-refractivity contribution in [1.82, 2.24) is 20.2 Å². The van der Waals surface area contributed by atoms with Crippen molar-refractivity contribution in [3.63, 3.8) is 0 Å². The molecule has 0 amide bonds. The number of hydrogen-bond donors (Lipinski definition) is 1. The van der Waals surface area contributed by atoms with Gasteiger partial charge in [-0.25, -0.2) is 0 Å². The summed E-state index contributed by atoms with van der Waals surface area (Å²) in [6.07, 6.45) is 1.92. The van der Waals surface area contributed by atoms with Crippen LogP contribution in [-0.2, 0) is 16.7 Å². The molecule has 0 saturated heterocycles.